The minimum absolute atomic E-state index is 0.296. The number of hydrogen-bond donors (Lipinski definition) is 0. The van der Waals surface area contributed by atoms with Gasteiger partial charge in [-0.1, -0.05) is 24.3 Å². The number of esters is 1. The monoisotopic (exact) mass is 238 g/mol. The predicted octanol–water partition coefficient (Wildman–Crippen LogP) is 2.55. The van der Waals surface area contributed by atoms with E-state index >= 15 is 0 Å². The molecule has 0 N–H and O–H groups in total. The standard InChI is InChI=1S/C14H10N2O2/c17-14(18-11-6-2-1-3-7-11)12-10-16-9-5-4-8-13(16)15-12/h1-10H. The Bertz CT molecular complexity index is 656. The first kappa shape index (κ1) is 10.5. The first-order chi connectivity index (χ1) is 8.83. The molecule has 4 nitrogen and oxygen atoms in total. The molecule has 0 bridgehead atoms. The third-order valence-corrected chi connectivity index (χ3v) is 2.53. The summed E-state index contributed by atoms with van der Waals surface area (Å²) in [6, 6.07) is 14.5. The number of para-hydroxylation sites is 1. The van der Waals surface area contributed by atoms with E-state index in [2.05, 4.69) is 4.98 Å². The van der Waals surface area contributed by atoms with Gasteiger partial charge in [0.05, 0.1) is 0 Å². The summed E-state index contributed by atoms with van der Waals surface area (Å²) < 4.78 is 6.99. The van der Waals surface area contributed by atoms with Gasteiger partial charge in [0.1, 0.15) is 11.4 Å². The summed E-state index contributed by atoms with van der Waals surface area (Å²) >= 11 is 0. The Morgan fingerprint density at radius 3 is 2.61 bits per heavy atom. The van der Waals surface area contributed by atoms with Gasteiger partial charge in [-0.2, -0.15) is 0 Å². The van der Waals surface area contributed by atoms with E-state index in [4.69, 9.17) is 4.74 Å². The van der Waals surface area contributed by atoms with Crippen LogP contribution in [0.3, 0.4) is 0 Å². The summed E-state index contributed by atoms with van der Waals surface area (Å²) in [5.41, 5.74) is 1.02. The van der Waals surface area contributed by atoms with Gasteiger partial charge < -0.3 is 9.14 Å². The first-order valence-corrected chi connectivity index (χ1v) is 5.54. The maximum absolute atomic E-state index is 11.9. The normalized spacial score (nSPS) is 10.4. The highest BCUT2D eigenvalue weighted by Gasteiger charge is 2.12. The van der Waals surface area contributed by atoms with Crippen molar-refractivity contribution in [3.63, 3.8) is 0 Å². The fraction of sp³-hybridized carbons (Fsp3) is 0. The molecule has 4 heteroatoms. The van der Waals surface area contributed by atoms with Gasteiger partial charge in [0, 0.05) is 12.4 Å². The third kappa shape index (κ3) is 1.96. The summed E-state index contributed by atoms with van der Waals surface area (Å²) in [4.78, 5) is 16.1. The minimum atomic E-state index is -0.454. The van der Waals surface area contributed by atoms with Crippen LogP contribution in [-0.2, 0) is 0 Å². The molecule has 0 aliphatic heterocycles. The van der Waals surface area contributed by atoms with Crippen LogP contribution in [0.25, 0.3) is 5.65 Å². The second-order valence-electron chi connectivity index (χ2n) is 3.79. The molecule has 0 aliphatic rings. The van der Waals surface area contributed by atoms with E-state index in [9.17, 15) is 4.79 Å². The van der Waals surface area contributed by atoms with Crippen LogP contribution in [0.15, 0.2) is 60.9 Å². The number of fused-ring (bicyclic) bond motifs is 1. The summed E-state index contributed by atoms with van der Waals surface area (Å²) in [6.07, 6.45) is 3.49. The number of rotatable bonds is 2. The van der Waals surface area contributed by atoms with Crippen molar-refractivity contribution in [3.05, 3.63) is 66.6 Å². The Hall–Kier alpha value is -2.62. The zero-order chi connectivity index (χ0) is 12.4. The zero-order valence-corrected chi connectivity index (χ0v) is 9.48. The molecule has 0 fully saturated rings. The van der Waals surface area contributed by atoms with E-state index in [1.807, 2.05) is 42.6 Å². The predicted molar refractivity (Wildman–Crippen MR) is 66.6 cm³/mol. The average molecular weight is 238 g/mol. The minimum Gasteiger partial charge on any atom is -0.422 e. The van der Waals surface area contributed by atoms with Gasteiger partial charge in [-0.15, -0.1) is 0 Å². The second-order valence-corrected chi connectivity index (χ2v) is 3.79. The number of carbonyl (C=O) groups is 1. The van der Waals surface area contributed by atoms with Crippen LogP contribution in [0.4, 0.5) is 0 Å². The lowest BCUT2D eigenvalue weighted by atomic mass is 10.3. The maximum Gasteiger partial charge on any atom is 0.363 e. The fourth-order valence-electron chi connectivity index (χ4n) is 1.68. The highest BCUT2D eigenvalue weighted by Crippen LogP contribution is 2.12. The lowest BCUT2D eigenvalue weighted by Gasteiger charge is -2.00. The van der Waals surface area contributed by atoms with Gasteiger partial charge in [-0.25, -0.2) is 9.78 Å². The molecule has 0 saturated heterocycles. The van der Waals surface area contributed by atoms with Crippen molar-refractivity contribution in [3.8, 4) is 5.75 Å². The molecule has 1 aromatic carbocycles. The summed E-state index contributed by atoms with van der Waals surface area (Å²) in [7, 11) is 0. The number of ether oxygens (including phenoxy) is 1. The second kappa shape index (κ2) is 4.33. The Morgan fingerprint density at radius 2 is 1.83 bits per heavy atom. The number of pyridine rings is 1. The van der Waals surface area contributed by atoms with Crippen LogP contribution in [0.1, 0.15) is 10.5 Å². The molecular formula is C14H10N2O2. The number of nitrogens with zero attached hydrogens (tertiary/aromatic N) is 2. The van der Waals surface area contributed by atoms with Crippen LogP contribution >= 0.6 is 0 Å². The SMILES string of the molecule is O=C(Oc1ccccc1)c1cn2ccccc2n1. The van der Waals surface area contributed by atoms with Crippen molar-refractivity contribution in [2.45, 2.75) is 0 Å². The van der Waals surface area contributed by atoms with Crippen LogP contribution in [0.2, 0.25) is 0 Å². The molecule has 3 aromatic rings. The van der Waals surface area contributed by atoms with Crippen molar-refractivity contribution in [2.24, 2.45) is 0 Å². The molecule has 2 aromatic heterocycles. The molecule has 0 saturated carbocycles. The molecule has 3 rings (SSSR count). The van der Waals surface area contributed by atoms with E-state index in [-0.39, 0.29) is 0 Å². The van der Waals surface area contributed by atoms with Crippen molar-refractivity contribution in [1.29, 1.82) is 0 Å². The topological polar surface area (TPSA) is 43.6 Å². The van der Waals surface area contributed by atoms with Gasteiger partial charge in [-0.3, -0.25) is 0 Å². The highest BCUT2D eigenvalue weighted by molar-refractivity contribution is 5.89. The molecule has 88 valence electrons. The Balaban J connectivity index is 1.88. The molecule has 2 heterocycles. The lowest BCUT2D eigenvalue weighted by Crippen LogP contribution is -2.08. The quantitative estimate of drug-likeness (QED) is 0.509. The Labute approximate surface area is 103 Å². The number of aromatic nitrogens is 2. The summed E-state index contributed by atoms with van der Waals surface area (Å²) in [5.74, 6) is 0.0597. The third-order valence-electron chi connectivity index (χ3n) is 2.53. The Kier molecular flexibility index (Phi) is 2.53. The molecule has 0 spiro atoms. The number of imidazole rings is 1. The lowest BCUT2D eigenvalue weighted by molar-refractivity contribution is 0.0729. The van der Waals surface area contributed by atoms with E-state index in [1.54, 1.807) is 22.7 Å². The van der Waals surface area contributed by atoms with Crippen molar-refractivity contribution >= 4 is 11.6 Å². The number of benzene rings is 1. The summed E-state index contributed by atoms with van der Waals surface area (Å²) in [5, 5.41) is 0. The van der Waals surface area contributed by atoms with Gasteiger partial charge in [0.25, 0.3) is 0 Å². The zero-order valence-electron chi connectivity index (χ0n) is 9.48. The number of hydrogen-bond acceptors (Lipinski definition) is 3. The average Bonchev–Trinajstić information content (AvgIpc) is 2.84. The van der Waals surface area contributed by atoms with E-state index in [0.29, 0.717) is 11.4 Å². The molecule has 0 atom stereocenters. The van der Waals surface area contributed by atoms with Crippen molar-refractivity contribution < 1.29 is 9.53 Å². The smallest absolute Gasteiger partial charge is 0.363 e. The largest absolute Gasteiger partial charge is 0.422 e. The van der Waals surface area contributed by atoms with Gasteiger partial charge in [0.2, 0.25) is 0 Å². The number of carbonyl (C=O) groups excluding carboxylic acids is 1. The van der Waals surface area contributed by atoms with Gasteiger partial charge in [-0.05, 0) is 24.3 Å². The molecule has 0 radical (unpaired) electrons. The summed E-state index contributed by atoms with van der Waals surface area (Å²) in [6.45, 7) is 0. The first-order valence-electron chi connectivity index (χ1n) is 5.54. The molecular weight excluding hydrogens is 228 g/mol. The van der Waals surface area contributed by atoms with Crippen molar-refractivity contribution in [2.75, 3.05) is 0 Å². The maximum atomic E-state index is 11.9. The van der Waals surface area contributed by atoms with Crippen LogP contribution < -0.4 is 4.74 Å². The fourth-order valence-corrected chi connectivity index (χ4v) is 1.68. The Morgan fingerprint density at radius 1 is 1.06 bits per heavy atom. The van der Waals surface area contributed by atoms with Crippen LogP contribution in [-0.4, -0.2) is 15.4 Å². The van der Waals surface area contributed by atoms with Crippen LogP contribution in [0.5, 0.6) is 5.75 Å². The van der Waals surface area contributed by atoms with E-state index < -0.39 is 5.97 Å². The van der Waals surface area contributed by atoms with Gasteiger partial charge >= 0.3 is 5.97 Å². The van der Waals surface area contributed by atoms with Crippen LogP contribution in [0, 0.1) is 0 Å². The molecule has 0 amide bonds. The van der Waals surface area contributed by atoms with Gasteiger partial charge in [0.15, 0.2) is 5.69 Å². The highest BCUT2D eigenvalue weighted by atomic mass is 16.5. The van der Waals surface area contributed by atoms with Crippen molar-refractivity contribution in [1.82, 2.24) is 9.38 Å². The molecule has 18 heavy (non-hydrogen) atoms. The molecule has 0 unspecified atom stereocenters. The van der Waals surface area contributed by atoms with E-state index in [1.165, 1.54) is 0 Å². The molecule has 0 aliphatic carbocycles. The van der Waals surface area contributed by atoms with E-state index in [0.717, 1.165) is 5.65 Å².